The number of aryl methyl sites for hydroxylation is 1. The van der Waals surface area contributed by atoms with Crippen LogP contribution in [-0.4, -0.2) is 18.1 Å². The van der Waals surface area contributed by atoms with Crippen LogP contribution in [0.25, 0.3) is 11.1 Å². The molecule has 1 aromatic heterocycles. The zero-order valence-corrected chi connectivity index (χ0v) is 10.2. The summed E-state index contributed by atoms with van der Waals surface area (Å²) in [6, 6.07) is 6.17. The first-order valence-corrected chi connectivity index (χ1v) is 6.38. The molecule has 0 bridgehead atoms. The average Bonchev–Trinajstić information content (AvgIpc) is 2.71. The Balaban J connectivity index is 1.80. The molecule has 1 aliphatic rings. The first kappa shape index (κ1) is 10.8. The maximum absolute atomic E-state index is 5.79. The van der Waals surface area contributed by atoms with E-state index in [9.17, 15) is 0 Å². The van der Waals surface area contributed by atoms with E-state index in [1.807, 2.05) is 6.07 Å². The monoisotopic (exact) mass is 230 g/mol. The smallest absolute Gasteiger partial charge is 0.195 e. The van der Waals surface area contributed by atoms with Gasteiger partial charge in [-0.1, -0.05) is 6.07 Å². The Hall–Kier alpha value is -1.35. The minimum absolute atomic E-state index is 0.679. The summed E-state index contributed by atoms with van der Waals surface area (Å²) in [5.74, 6) is 1.57. The molecule has 2 aromatic rings. The standard InChI is InChI=1S/C14H18N2O/c1-10-4-5-13-12(7-10)16-14(17-13)8-11-3-2-6-15-9-11/h4-5,7,11,15H,2-3,6,8-9H2,1H3. The van der Waals surface area contributed by atoms with E-state index in [1.54, 1.807) is 0 Å². The number of hydrogen-bond acceptors (Lipinski definition) is 3. The Morgan fingerprint density at radius 2 is 2.41 bits per heavy atom. The maximum atomic E-state index is 5.79. The summed E-state index contributed by atoms with van der Waals surface area (Å²) in [6.45, 7) is 4.33. The number of fused-ring (bicyclic) bond motifs is 1. The Kier molecular flexibility index (Phi) is 2.85. The van der Waals surface area contributed by atoms with Crippen molar-refractivity contribution in [3.05, 3.63) is 29.7 Å². The zero-order chi connectivity index (χ0) is 11.7. The molecule has 0 aliphatic carbocycles. The van der Waals surface area contributed by atoms with Gasteiger partial charge >= 0.3 is 0 Å². The van der Waals surface area contributed by atoms with Gasteiger partial charge in [-0.05, 0) is 56.5 Å². The van der Waals surface area contributed by atoms with Gasteiger partial charge in [0.25, 0.3) is 0 Å². The topological polar surface area (TPSA) is 38.1 Å². The maximum Gasteiger partial charge on any atom is 0.195 e. The zero-order valence-electron chi connectivity index (χ0n) is 10.2. The van der Waals surface area contributed by atoms with E-state index >= 15 is 0 Å². The molecule has 90 valence electrons. The van der Waals surface area contributed by atoms with Crippen molar-refractivity contribution in [1.82, 2.24) is 10.3 Å². The number of aromatic nitrogens is 1. The second-order valence-electron chi connectivity index (χ2n) is 5.00. The normalized spacial score (nSPS) is 20.9. The van der Waals surface area contributed by atoms with Gasteiger partial charge in [-0.3, -0.25) is 0 Å². The van der Waals surface area contributed by atoms with Crippen LogP contribution >= 0.6 is 0 Å². The fourth-order valence-electron chi connectivity index (χ4n) is 2.52. The van der Waals surface area contributed by atoms with Crippen LogP contribution in [0.15, 0.2) is 22.6 Å². The highest BCUT2D eigenvalue weighted by Crippen LogP contribution is 2.21. The molecule has 17 heavy (non-hydrogen) atoms. The molecule has 0 spiro atoms. The van der Waals surface area contributed by atoms with Gasteiger partial charge in [0, 0.05) is 6.42 Å². The fraction of sp³-hybridized carbons (Fsp3) is 0.500. The molecule has 1 saturated heterocycles. The quantitative estimate of drug-likeness (QED) is 0.862. The van der Waals surface area contributed by atoms with Gasteiger partial charge in [-0.2, -0.15) is 0 Å². The molecule has 0 saturated carbocycles. The largest absolute Gasteiger partial charge is 0.441 e. The van der Waals surface area contributed by atoms with Gasteiger partial charge < -0.3 is 9.73 Å². The third-order valence-corrected chi connectivity index (χ3v) is 3.45. The van der Waals surface area contributed by atoms with E-state index in [2.05, 4.69) is 29.4 Å². The number of rotatable bonds is 2. The summed E-state index contributed by atoms with van der Waals surface area (Å²) in [6.07, 6.45) is 3.51. The summed E-state index contributed by atoms with van der Waals surface area (Å²) in [7, 11) is 0. The van der Waals surface area contributed by atoms with E-state index in [0.717, 1.165) is 36.5 Å². The van der Waals surface area contributed by atoms with Crippen LogP contribution in [0.1, 0.15) is 24.3 Å². The van der Waals surface area contributed by atoms with Gasteiger partial charge in [0.1, 0.15) is 5.52 Å². The van der Waals surface area contributed by atoms with E-state index < -0.39 is 0 Å². The van der Waals surface area contributed by atoms with Crippen molar-refractivity contribution in [3.63, 3.8) is 0 Å². The van der Waals surface area contributed by atoms with Crippen LogP contribution < -0.4 is 5.32 Å². The SMILES string of the molecule is Cc1ccc2oc(CC3CCCNC3)nc2c1. The lowest BCUT2D eigenvalue weighted by Crippen LogP contribution is -2.30. The van der Waals surface area contributed by atoms with Crippen LogP contribution in [0.5, 0.6) is 0 Å². The number of oxazole rings is 1. The van der Waals surface area contributed by atoms with Crippen LogP contribution in [0.2, 0.25) is 0 Å². The Morgan fingerprint density at radius 3 is 3.24 bits per heavy atom. The molecular formula is C14H18N2O. The highest BCUT2D eigenvalue weighted by molar-refractivity contribution is 5.73. The molecule has 1 unspecified atom stereocenters. The fourth-order valence-corrected chi connectivity index (χ4v) is 2.52. The van der Waals surface area contributed by atoms with E-state index in [0.29, 0.717) is 5.92 Å². The third-order valence-electron chi connectivity index (χ3n) is 3.45. The van der Waals surface area contributed by atoms with Gasteiger partial charge in [0.05, 0.1) is 0 Å². The first-order chi connectivity index (χ1) is 8.31. The number of nitrogens with zero attached hydrogens (tertiary/aromatic N) is 1. The van der Waals surface area contributed by atoms with Crippen molar-refractivity contribution in [2.45, 2.75) is 26.2 Å². The summed E-state index contributed by atoms with van der Waals surface area (Å²) in [5.41, 5.74) is 3.13. The second kappa shape index (κ2) is 4.49. The molecule has 0 amide bonds. The summed E-state index contributed by atoms with van der Waals surface area (Å²) in [4.78, 5) is 4.57. The van der Waals surface area contributed by atoms with E-state index in [-0.39, 0.29) is 0 Å². The Labute approximate surface area is 101 Å². The molecule has 3 rings (SSSR count). The Bertz CT molecular complexity index is 512. The first-order valence-electron chi connectivity index (χ1n) is 6.38. The van der Waals surface area contributed by atoms with Crippen molar-refractivity contribution < 1.29 is 4.42 Å². The molecule has 1 aliphatic heterocycles. The molecule has 2 heterocycles. The van der Waals surface area contributed by atoms with Crippen LogP contribution in [0, 0.1) is 12.8 Å². The van der Waals surface area contributed by atoms with E-state index in [1.165, 1.54) is 18.4 Å². The average molecular weight is 230 g/mol. The van der Waals surface area contributed by atoms with Gasteiger partial charge in [0.2, 0.25) is 0 Å². The summed E-state index contributed by atoms with van der Waals surface area (Å²) >= 11 is 0. The minimum Gasteiger partial charge on any atom is -0.441 e. The summed E-state index contributed by atoms with van der Waals surface area (Å²) < 4.78 is 5.79. The number of hydrogen-bond donors (Lipinski definition) is 1. The molecular weight excluding hydrogens is 212 g/mol. The molecule has 1 N–H and O–H groups in total. The number of piperidine rings is 1. The molecule has 3 nitrogen and oxygen atoms in total. The number of nitrogens with one attached hydrogen (secondary N) is 1. The molecule has 1 aromatic carbocycles. The van der Waals surface area contributed by atoms with Crippen molar-refractivity contribution >= 4 is 11.1 Å². The predicted molar refractivity (Wildman–Crippen MR) is 68.0 cm³/mol. The van der Waals surface area contributed by atoms with Crippen molar-refractivity contribution in [2.24, 2.45) is 5.92 Å². The highest BCUT2D eigenvalue weighted by Gasteiger charge is 2.16. The van der Waals surface area contributed by atoms with E-state index in [4.69, 9.17) is 4.42 Å². The molecule has 3 heteroatoms. The van der Waals surface area contributed by atoms with Gasteiger partial charge in [0.15, 0.2) is 11.5 Å². The lowest BCUT2D eigenvalue weighted by Gasteiger charge is -2.21. The lowest BCUT2D eigenvalue weighted by molar-refractivity contribution is 0.349. The minimum atomic E-state index is 0.679. The third kappa shape index (κ3) is 2.34. The summed E-state index contributed by atoms with van der Waals surface area (Å²) in [5, 5.41) is 3.43. The predicted octanol–water partition coefficient (Wildman–Crippen LogP) is 2.68. The Morgan fingerprint density at radius 1 is 1.47 bits per heavy atom. The lowest BCUT2D eigenvalue weighted by atomic mass is 9.96. The number of benzene rings is 1. The van der Waals surface area contributed by atoms with Crippen LogP contribution in [-0.2, 0) is 6.42 Å². The van der Waals surface area contributed by atoms with Crippen LogP contribution in [0.4, 0.5) is 0 Å². The van der Waals surface area contributed by atoms with Crippen LogP contribution in [0.3, 0.4) is 0 Å². The van der Waals surface area contributed by atoms with Gasteiger partial charge in [-0.15, -0.1) is 0 Å². The van der Waals surface area contributed by atoms with Crippen molar-refractivity contribution in [3.8, 4) is 0 Å². The molecule has 0 radical (unpaired) electrons. The highest BCUT2D eigenvalue weighted by atomic mass is 16.3. The van der Waals surface area contributed by atoms with Gasteiger partial charge in [-0.25, -0.2) is 4.98 Å². The molecule has 1 atom stereocenters. The van der Waals surface area contributed by atoms with Crippen molar-refractivity contribution in [2.75, 3.05) is 13.1 Å². The molecule has 1 fully saturated rings. The second-order valence-corrected chi connectivity index (χ2v) is 5.00. The van der Waals surface area contributed by atoms with Crippen molar-refractivity contribution in [1.29, 1.82) is 0 Å².